The third-order valence-electron chi connectivity index (χ3n) is 6.71. The number of aromatic nitrogens is 1. The molecule has 30 heavy (non-hydrogen) atoms. The van der Waals surface area contributed by atoms with Gasteiger partial charge >= 0.3 is 0 Å². The van der Waals surface area contributed by atoms with Gasteiger partial charge in [0.1, 0.15) is 0 Å². The van der Waals surface area contributed by atoms with Crippen LogP contribution < -0.4 is 10.3 Å². The first-order chi connectivity index (χ1) is 14.6. The number of quaternary nitrogens is 1. The normalized spacial score (nSPS) is 12.0. The molecule has 0 amide bonds. The van der Waals surface area contributed by atoms with Gasteiger partial charge in [0.05, 0.1) is 43.9 Å². The number of benzene rings is 3. The Bertz CT molecular complexity index is 1160. The van der Waals surface area contributed by atoms with Crippen molar-refractivity contribution in [3.8, 4) is 11.3 Å². The number of hydrogen-bond acceptors (Lipinski definition) is 1. The molecule has 0 aliphatic rings. The Labute approximate surface area is 180 Å². The summed E-state index contributed by atoms with van der Waals surface area (Å²) in [6.07, 6.45) is 1.14. The van der Waals surface area contributed by atoms with Gasteiger partial charge in [0.2, 0.25) is 11.2 Å². The van der Waals surface area contributed by atoms with Crippen LogP contribution >= 0.6 is 0 Å². The number of para-hydroxylation sites is 1. The van der Waals surface area contributed by atoms with Gasteiger partial charge < -0.3 is 10.2 Å². The Kier molecular flexibility index (Phi) is 5.74. The molecule has 154 valence electrons. The molecule has 0 fully saturated rings. The molecule has 1 aromatic heterocycles. The number of nitrogens with zero attached hydrogens (tertiary/aromatic N) is 2. The number of nitrogens with two attached hydrogens (primary N) is 1. The van der Waals surface area contributed by atoms with Gasteiger partial charge in [-0.25, -0.2) is 0 Å². The second kappa shape index (κ2) is 8.45. The summed E-state index contributed by atoms with van der Waals surface area (Å²) in [5.74, 6) is 0. The van der Waals surface area contributed by atoms with Crippen LogP contribution in [-0.2, 0) is 6.54 Å². The van der Waals surface area contributed by atoms with Gasteiger partial charge in [0.15, 0.2) is 6.54 Å². The van der Waals surface area contributed by atoms with Crippen LogP contribution in [0, 0.1) is 0 Å². The summed E-state index contributed by atoms with van der Waals surface area (Å²) in [7, 11) is 2.36. The lowest BCUT2D eigenvalue weighted by atomic mass is 9.98. The van der Waals surface area contributed by atoms with E-state index in [0.29, 0.717) is 0 Å². The van der Waals surface area contributed by atoms with Crippen LogP contribution in [-0.4, -0.2) is 31.2 Å². The van der Waals surface area contributed by atoms with Crippen molar-refractivity contribution in [2.45, 2.75) is 26.8 Å². The molecule has 4 aromatic rings. The molecule has 0 atom stereocenters. The Balaban J connectivity index is 1.94. The Morgan fingerprint density at radius 1 is 0.800 bits per heavy atom. The Morgan fingerprint density at radius 2 is 1.50 bits per heavy atom. The zero-order chi connectivity index (χ0) is 21.1. The zero-order valence-corrected chi connectivity index (χ0v) is 18.4. The quantitative estimate of drug-likeness (QED) is 0.192. The van der Waals surface area contributed by atoms with Crippen LogP contribution in [0.4, 0.5) is 5.69 Å². The van der Waals surface area contributed by atoms with E-state index in [0.717, 1.165) is 23.1 Å². The van der Waals surface area contributed by atoms with E-state index in [-0.39, 0.29) is 0 Å². The van der Waals surface area contributed by atoms with Crippen molar-refractivity contribution < 1.29 is 9.05 Å². The third-order valence-corrected chi connectivity index (χ3v) is 6.71. The molecule has 3 aromatic carbocycles. The SMILES string of the molecule is CC[N+](C)(CC)CCC[n+]1c(-c2ccccc2)c2cc(N)ccc2c2ccccc21. The molecule has 0 spiro atoms. The summed E-state index contributed by atoms with van der Waals surface area (Å²) >= 11 is 0. The van der Waals surface area contributed by atoms with Crippen LogP contribution in [0.1, 0.15) is 20.3 Å². The molecule has 0 radical (unpaired) electrons. The summed E-state index contributed by atoms with van der Waals surface area (Å²) in [5, 5.41) is 3.77. The van der Waals surface area contributed by atoms with Crippen molar-refractivity contribution >= 4 is 27.4 Å². The highest BCUT2D eigenvalue weighted by molar-refractivity contribution is 6.09. The van der Waals surface area contributed by atoms with Gasteiger partial charge in [-0.05, 0) is 44.2 Å². The number of rotatable bonds is 7. The minimum Gasteiger partial charge on any atom is -0.399 e. The number of nitrogen functional groups attached to an aromatic ring is 1. The molecule has 3 nitrogen and oxygen atoms in total. The van der Waals surface area contributed by atoms with Gasteiger partial charge in [0.25, 0.3) is 0 Å². The van der Waals surface area contributed by atoms with Crippen molar-refractivity contribution in [1.82, 2.24) is 0 Å². The highest BCUT2D eigenvalue weighted by atomic mass is 15.3. The number of hydrogen-bond donors (Lipinski definition) is 1. The van der Waals surface area contributed by atoms with E-state index in [9.17, 15) is 0 Å². The van der Waals surface area contributed by atoms with Crippen LogP contribution in [0.5, 0.6) is 0 Å². The number of aryl methyl sites for hydroxylation is 1. The first-order valence-corrected chi connectivity index (χ1v) is 11.1. The van der Waals surface area contributed by atoms with Gasteiger partial charge in [-0.1, -0.05) is 36.4 Å². The van der Waals surface area contributed by atoms with Crippen LogP contribution in [0.3, 0.4) is 0 Å². The molecule has 1 heterocycles. The van der Waals surface area contributed by atoms with Crippen molar-refractivity contribution in [1.29, 1.82) is 0 Å². The average molecular weight is 400 g/mol. The fraction of sp³-hybridized carbons (Fsp3) is 0.296. The second-order valence-corrected chi connectivity index (χ2v) is 8.52. The van der Waals surface area contributed by atoms with Gasteiger partial charge in [-0.15, -0.1) is 0 Å². The molecule has 0 aliphatic heterocycles. The van der Waals surface area contributed by atoms with Crippen LogP contribution in [0.2, 0.25) is 0 Å². The molecular formula is C27H33N3+2. The molecule has 3 heteroatoms. The van der Waals surface area contributed by atoms with E-state index < -0.39 is 0 Å². The second-order valence-electron chi connectivity index (χ2n) is 8.52. The maximum absolute atomic E-state index is 6.25. The first-order valence-electron chi connectivity index (χ1n) is 11.1. The summed E-state index contributed by atoms with van der Waals surface area (Å²) in [4.78, 5) is 0. The van der Waals surface area contributed by atoms with Crippen molar-refractivity contribution in [2.75, 3.05) is 32.4 Å². The minimum absolute atomic E-state index is 0.808. The predicted molar refractivity (Wildman–Crippen MR) is 128 cm³/mol. The van der Waals surface area contributed by atoms with Gasteiger partial charge in [0, 0.05) is 22.7 Å². The smallest absolute Gasteiger partial charge is 0.220 e. The van der Waals surface area contributed by atoms with Crippen molar-refractivity contribution in [2.24, 2.45) is 0 Å². The molecule has 0 saturated carbocycles. The Hall–Kier alpha value is -2.91. The molecule has 4 rings (SSSR count). The first kappa shape index (κ1) is 20.4. The minimum atomic E-state index is 0.808. The van der Waals surface area contributed by atoms with E-state index in [1.165, 1.54) is 52.6 Å². The third kappa shape index (κ3) is 3.78. The maximum atomic E-state index is 6.25. The fourth-order valence-electron chi connectivity index (χ4n) is 4.49. The number of fused-ring (bicyclic) bond motifs is 3. The summed E-state index contributed by atoms with van der Waals surface area (Å²) < 4.78 is 3.63. The fourth-order valence-corrected chi connectivity index (χ4v) is 4.49. The molecular weight excluding hydrogens is 366 g/mol. The number of anilines is 1. The van der Waals surface area contributed by atoms with Crippen molar-refractivity contribution in [3.63, 3.8) is 0 Å². The lowest BCUT2D eigenvalue weighted by molar-refractivity contribution is -0.908. The van der Waals surface area contributed by atoms with Crippen LogP contribution in [0.15, 0.2) is 72.8 Å². The molecule has 0 saturated heterocycles. The van der Waals surface area contributed by atoms with Gasteiger partial charge in [-0.2, -0.15) is 4.57 Å². The van der Waals surface area contributed by atoms with Crippen molar-refractivity contribution in [3.05, 3.63) is 72.8 Å². The van der Waals surface area contributed by atoms with Gasteiger partial charge in [-0.3, -0.25) is 0 Å². The van der Waals surface area contributed by atoms with Crippen LogP contribution in [0.25, 0.3) is 32.9 Å². The summed E-state index contributed by atoms with van der Waals surface area (Å²) in [6.45, 7) is 9.09. The highest BCUT2D eigenvalue weighted by Gasteiger charge is 2.24. The Morgan fingerprint density at radius 3 is 2.23 bits per heavy atom. The lowest BCUT2D eigenvalue weighted by Crippen LogP contribution is -2.46. The topological polar surface area (TPSA) is 29.9 Å². The number of pyridine rings is 1. The molecule has 0 unspecified atom stereocenters. The van der Waals surface area contributed by atoms with E-state index >= 15 is 0 Å². The van der Waals surface area contributed by atoms with E-state index in [4.69, 9.17) is 5.73 Å². The summed E-state index contributed by atoms with van der Waals surface area (Å²) in [5.41, 5.74) is 10.8. The largest absolute Gasteiger partial charge is 0.399 e. The molecule has 0 bridgehead atoms. The highest BCUT2D eigenvalue weighted by Crippen LogP contribution is 2.32. The predicted octanol–water partition coefficient (Wildman–Crippen LogP) is 5.41. The monoisotopic (exact) mass is 399 g/mol. The molecule has 0 aliphatic carbocycles. The van der Waals surface area contributed by atoms with E-state index in [1.807, 2.05) is 6.07 Å². The summed E-state index contributed by atoms with van der Waals surface area (Å²) in [6, 6.07) is 25.8. The van der Waals surface area contributed by atoms with E-state index in [1.54, 1.807) is 0 Å². The average Bonchev–Trinajstić information content (AvgIpc) is 2.79. The standard InChI is InChI=1S/C27H33N3/c1-4-30(3,5-2)19-11-18-29-26-15-10-9-14-24(26)23-17-16-22(28)20-25(23)27(29)21-12-7-6-8-13-21/h6-10,12-17,20H,4-5,11,18-19,28H2,1-3H3/q+2. The van der Waals surface area contributed by atoms with E-state index in [2.05, 4.69) is 92.2 Å². The molecule has 2 N–H and O–H groups in total. The lowest BCUT2D eigenvalue weighted by Gasteiger charge is -2.31. The zero-order valence-electron chi connectivity index (χ0n) is 18.4. The maximum Gasteiger partial charge on any atom is 0.220 e.